The van der Waals surface area contributed by atoms with E-state index in [1.54, 1.807) is 6.20 Å². The Labute approximate surface area is 164 Å². The third-order valence-corrected chi connectivity index (χ3v) is 5.89. The average molecular weight is 394 g/mol. The number of carbonyl (C=O) groups excluding carboxylic acids is 1. The van der Waals surface area contributed by atoms with Gasteiger partial charge in [0.1, 0.15) is 18.0 Å². The van der Waals surface area contributed by atoms with Gasteiger partial charge in [0.05, 0.1) is 31.3 Å². The standard InChI is InChI=1S/C19H30N4O5/c1-23-5-4-20-16(23)11-22-17(24)9-13-8-14-19(27-13)18(25)15(28-14)10-21-12-2-6-26-7-3-12/h4-5,12-15,18-19,21,25H,2-3,6-11H2,1H3,(H,22,24). The molecular weight excluding hydrogens is 364 g/mol. The fourth-order valence-corrected chi connectivity index (χ4v) is 4.22. The first kappa shape index (κ1) is 19.8. The minimum atomic E-state index is -0.669. The number of amides is 1. The number of rotatable bonds is 7. The highest BCUT2D eigenvalue weighted by Crippen LogP contribution is 2.35. The van der Waals surface area contributed by atoms with Crippen molar-refractivity contribution in [2.24, 2.45) is 7.05 Å². The van der Waals surface area contributed by atoms with Crippen molar-refractivity contribution in [3.63, 3.8) is 0 Å². The van der Waals surface area contributed by atoms with Gasteiger partial charge in [0.25, 0.3) is 0 Å². The molecule has 3 N–H and O–H groups in total. The SMILES string of the molecule is Cn1ccnc1CNC(=O)CC1CC2OC(CNC3CCOCC3)C(O)C2O1. The van der Waals surface area contributed by atoms with E-state index in [2.05, 4.69) is 15.6 Å². The lowest BCUT2D eigenvalue weighted by Crippen LogP contribution is -2.44. The maximum absolute atomic E-state index is 12.2. The van der Waals surface area contributed by atoms with Crippen LogP contribution >= 0.6 is 0 Å². The van der Waals surface area contributed by atoms with Crippen LogP contribution in [-0.4, -0.2) is 76.9 Å². The van der Waals surface area contributed by atoms with Crippen molar-refractivity contribution < 1.29 is 24.1 Å². The van der Waals surface area contributed by atoms with Crippen LogP contribution in [0.4, 0.5) is 0 Å². The number of aryl methyl sites for hydroxylation is 1. The molecule has 0 aliphatic carbocycles. The van der Waals surface area contributed by atoms with E-state index in [1.807, 2.05) is 17.8 Å². The summed E-state index contributed by atoms with van der Waals surface area (Å²) >= 11 is 0. The van der Waals surface area contributed by atoms with Gasteiger partial charge in [-0.1, -0.05) is 0 Å². The predicted octanol–water partition coefficient (Wildman–Crippen LogP) is -0.519. The summed E-state index contributed by atoms with van der Waals surface area (Å²) in [5.74, 6) is 0.719. The Bertz CT molecular complexity index is 663. The monoisotopic (exact) mass is 394 g/mol. The fourth-order valence-electron chi connectivity index (χ4n) is 4.22. The van der Waals surface area contributed by atoms with Crippen LogP contribution in [0, 0.1) is 0 Å². The summed E-state index contributed by atoms with van der Waals surface area (Å²) in [6.07, 6.45) is 4.75. The molecule has 156 valence electrons. The van der Waals surface area contributed by atoms with Crippen molar-refractivity contribution >= 4 is 5.91 Å². The molecule has 9 nitrogen and oxygen atoms in total. The van der Waals surface area contributed by atoms with Crippen LogP contribution in [0.15, 0.2) is 12.4 Å². The zero-order chi connectivity index (χ0) is 19.5. The predicted molar refractivity (Wildman–Crippen MR) is 99.5 cm³/mol. The average Bonchev–Trinajstić information content (AvgIpc) is 3.36. The first-order valence-corrected chi connectivity index (χ1v) is 10.1. The minimum Gasteiger partial charge on any atom is -0.388 e. The van der Waals surface area contributed by atoms with E-state index in [9.17, 15) is 9.90 Å². The highest BCUT2D eigenvalue weighted by Gasteiger charge is 2.50. The molecular formula is C19H30N4O5. The molecule has 1 aromatic heterocycles. The normalized spacial score (nSPS) is 33.1. The smallest absolute Gasteiger partial charge is 0.222 e. The van der Waals surface area contributed by atoms with E-state index in [1.165, 1.54) is 0 Å². The molecule has 0 radical (unpaired) electrons. The third-order valence-electron chi connectivity index (χ3n) is 5.89. The second kappa shape index (κ2) is 8.87. The molecule has 0 saturated carbocycles. The van der Waals surface area contributed by atoms with Gasteiger partial charge in [-0.05, 0) is 12.8 Å². The van der Waals surface area contributed by atoms with Crippen molar-refractivity contribution in [2.75, 3.05) is 19.8 Å². The number of ether oxygens (including phenoxy) is 3. The molecule has 1 aromatic rings. The molecule has 3 aliphatic rings. The summed E-state index contributed by atoms with van der Waals surface area (Å²) < 4.78 is 19.2. The first-order chi connectivity index (χ1) is 13.6. The van der Waals surface area contributed by atoms with E-state index in [4.69, 9.17) is 14.2 Å². The molecule has 4 rings (SSSR count). The number of aliphatic hydroxyl groups excluding tert-OH is 1. The Morgan fingerprint density at radius 1 is 1.36 bits per heavy atom. The lowest BCUT2D eigenvalue weighted by molar-refractivity contribution is -0.125. The van der Waals surface area contributed by atoms with Gasteiger partial charge in [0, 0.05) is 51.7 Å². The summed E-state index contributed by atoms with van der Waals surface area (Å²) in [4.78, 5) is 16.4. The summed E-state index contributed by atoms with van der Waals surface area (Å²) in [5, 5.41) is 16.9. The van der Waals surface area contributed by atoms with Crippen LogP contribution in [0.1, 0.15) is 31.5 Å². The van der Waals surface area contributed by atoms with Crippen molar-refractivity contribution in [2.45, 2.75) is 68.8 Å². The van der Waals surface area contributed by atoms with Crippen LogP contribution in [0.5, 0.6) is 0 Å². The maximum atomic E-state index is 12.2. The van der Waals surface area contributed by atoms with E-state index in [0.717, 1.165) is 31.9 Å². The van der Waals surface area contributed by atoms with E-state index < -0.39 is 6.10 Å². The minimum absolute atomic E-state index is 0.0832. The number of hydrogen-bond donors (Lipinski definition) is 3. The number of imidazole rings is 1. The Balaban J connectivity index is 1.18. The van der Waals surface area contributed by atoms with Gasteiger partial charge < -0.3 is 34.5 Å². The Kier molecular flexibility index (Phi) is 6.27. The Morgan fingerprint density at radius 2 is 2.18 bits per heavy atom. The number of carbonyl (C=O) groups is 1. The largest absolute Gasteiger partial charge is 0.388 e. The van der Waals surface area contributed by atoms with Crippen LogP contribution < -0.4 is 10.6 Å². The number of nitrogens with zero attached hydrogens (tertiary/aromatic N) is 2. The summed E-state index contributed by atoms with van der Waals surface area (Å²) in [6, 6.07) is 0.418. The number of aromatic nitrogens is 2. The lowest BCUT2D eigenvalue weighted by Gasteiger charge is -2.26. The second-order valence-electron chi connectivity index (χ2n) is 7.89. The zero-order valence-corrected chi connectivity index (χ0v) is 16.3. The number of hydrogen-bond acceptors (Lipinski definition) is 7. The van der Waals surface area contributed by atoms with Crippen LogP contribution in [0.2, 0.25) is 0 Å². The van der Waals surface area contributed by atoms with Crippen molar-refractivity contribution in [3.05, 3.63) is 18.2 Å². The molecule has 5 unspecified atom stereocenters. The molecule has 1 amide bonds. The highest BCUT2D eigenvalue weighted by molar-refractivity contribution is 5.76. The van der Waals surface area contributed by atoms with E-state index >= 15 is 0 Å². The zero-order valence-electron chi connectivity index (χ0n) is 16.3. The molecule has 0 spiro atoms. The van der Waals surface area contributed by atoms with Gasteiger partial charge in [0.15, 0.2) is 0 Å². The molecule has 0 bridgehead atoms. The third kappa shape index (κ3) is 4.55. The number of nitrogens with one attached hydrogen (secondary N) is 2. The molecule has 3 fully saturated rings. The highest BCUT2D eigenvalue weighted by atomic mass is 16.6. The quantitative estimate of drug-likeness (QED) is 0.571. The molecule has 3 saturated heterocycles. The molecule has 28 heavy (non-hydrogen) atoms. The molecule has 9 heteroatoms. The number of aliphatic hydroxyl groups is 1. The van der Waals surface area contributed by atoms with Crippen LogP contribution in [-0.2, 0) is 32.6 Å². The van der Waals surface area contributed by atoms with Gasteiger partial charge in [0.2, 0.25) is 5.91 Å². The molecule has 5 atom stereocenters. The molecule has 3 aliphatic heterocycles. The van der Waals surface area contributed by atoms with Crippen molar-refractivity contribution in [1.82, 2.24) is 20.2 Å². The second-order valence-corrected chi connectivity index (χ2v) is 7.89. The maximum Gasteiger partial charge on any atom is 0.222 e. The van der Waals surface area contributed by atoms with Gasteiger partial charge in [-0.2, -0.15) is 0 Å². The summed E-state index contributed by atoms with van der Waals surface area (Å²) in [5.41, 5.74) is 0. The van der Waals surface area contributed by atoms with Crippen LogP contribution in [0.3, 0.4) is 0 Å². The van der Waals surface area contributed by atoms with Crippen molar-refractivity contribution in [3.8, 4) is 0 Å². The Hall–Kier alpha value is -1.52. The molecule has 4 heterocycles. The lowest BCUT2D eigenvalue weighted by atomic mass is 10.1. The van der Waals surface area contributed by atoms with Crippen LogP contribution in [0.25, 0.3) is 0 Å². The van der Waals surface area contributed by atoms with E-state index in [0.29, 0.717) is 25.6 Å². The van der Waals surface area contributed by atoms with Gasteiger partial charge in [-0.15, -0.1) is 0 Å². The summed E-state index contributed by atoms with van der Waals surface area (Å²) in [6.45, 7) is 2.56. The van der Waals surface area contributed by atoms with Gasteiger partial charge in [-0.25, -0.2) is 4.98 Å². The van der Waals surface area contributed by atoms with Gasteiger partial charge in [-0.3, -0.25) is 4.79 Å². The van der Waals surface area contributed by atoms with Gasteiger partial charge >= 0.3 is 0 Å². The summed E-state index contributed by atoms with van der Waals surface area (Å²) in [7, 11) is 1.89. The first-order valence-electron chi connectivity index (χ1n) is 10.1. The van der Waals surface area contributed by atoms with Crippen molar-refractivity contribution in [1.29, 1.82) is 0 Å². The molecule has 0 aromatic carbocycles. The Morgan fingerprint density at radius 3 is 2.89 bits per heavy atom. The van der Waals surface area contributed by atoms with E-state index in [-0.39, 0.29) is 36.7 Å². The fraction of sp³-hybridized carbons (Fsp3) is 0.789. The number of fused-ring (bicyclic) bond motifs is 1. The topological polar surface area (TPSA) is 107 Å².